The quantitative estimate of drug-likeness (QED) is 0.671. The van der Waals surface area contributed by atoms with Crippen molar-refractivity contribution < 1.29 is 0 Å². The fourth-order valence-corrected chi connectivity index (χ4v) is 2.72. The summed E-state index contributed by atoms with van der Waals surface area (Å²) in [6, 6.07) is 1.44. The van der Waals surface area contributed by atoms with Crippen molar-refractivity contribution in [2.24, 2.45) is 0 Å². The lowest BCUT2D eigenvalue weighted by molar-refractivity contribution is 0.113. The second-order valence-corrected chi connectivity index (χ2v) is 5.96. The van der Waals surface area contributed by atoms with Crippen molar-refractivity contribution in [1.29, 1.82) is 0 Å². The molecular weight excluding hydrogens is 222 g/mol. The van der Waals surface area contributed by atoms with Crippen LogP contribution in [0.1, 0.15) is 46.0 Å². The summed E-state index contributed by atoms with van der Waals surface area (Å²) in [6.07, 6.45) is 6.64. The smallest absolute Gasteiger partial charge is 0.0192 e. The first-order chi connectivity index (χ1) is 8.65. The van der Waals surface area contributed by atoms with Crippen LogP contribution in [0.3, 0.4) is 0 Å². The summed E-state index contributed by atoms with van der Waals surface area (Å²) in [5.41, 5.74) is 0. The minimum Gasteiger partial charge on any atom is -0.315 e. The molecule has 1 aliphatic heterocycles. The van der Waals surface area contributed by atoms with Crippen LogP contribution in [-0.2, 0) is 0 Å². The molecule has 18 heavy (non-hydrogen) atoms. The molecule has 3 heteroatoms. The van der Waals surface area contributed by atoms with Gasteiger partial charge in [-0.05, 0) is 59.9 Å². The third kappa shape index (κ3) is 5.68. The maximum atomic E-state index is 3.60. The highest BCUT2D eigenvalue weighted by molar-refractivity contribution is 4.80. The lowest BCUT2D eigenvalue weighted by Gasteiger charge is -2.38. The molecule has 0 spiro atoms. The third-order valence-electron chi connectivity index (χ3n) is 4.36. The molecule has 1 saturated heterocycles. The van der Waals surface area contributed by atoms with E-state index in [-0.39, 0.29) is 0 Å². The molecule has 1 rings (SSSR count). The lowest BCUT2D eigenvalue weighted by Crippen LogP contribution is -2.48. The topological polar surface area (TPSA) is 18.5 Å². The zero-order valence-electron chi connectivity index (χ0n) is 12.9. The first-order valence-electron chi connectivity index (χ1n) is 7.76. The number of likely N-dealkylation sites (tertiary alicyclic amines) is 1. The van der Waals surface area contributed by atoms with Crippen molar-refractivity contribution in [3.05, 3.63) is 0 Å². The molecule has 0 aliphatic carbocycles. The van der Waals surface area contributed by atoms with E-state index in [2.05, 4.69) is 43.1 Å². The highest BCUT2D eigenvalue weighted by Crippen LogP contribution is 2.15. The Morgan fingerprint density at radius 1 is 1.28 bits per heavy atom. The van der Waals surface area contributed by atoms with Gasteiger partial charge in [0.05, 0.1) is 0 Å². The van der Waals surface area contributed by atoms with Crippen molar-refractivity contribution in [3.63, 3.8) is 0 Å². The minimum atomic E-state index is 0.653. The van der Waals surface area contributed by atoms with E-state index in [0.717, 1.165) is 12.6 Å². The summed E-state index contributed by atoms with van der Waals surface area (Å²) in [4.78, 5) is 5.03. The Morgan fingerprint density at radius 3 is 2.56 bits per heavy atom. The van der Waals surface area contributed by atoms with Crippen LogP contribution in [0.15, 0.2) is 0 Å². The van der Waals surface area contributed by atoms with E-state index in [9.17, 15) is 0 Å². The molecule has 0 amide bonds. The van der Waals surface area contributed by atoms with Gasteiger partial charge in [-0.25, -0.2) is 0 Å². The normalized spacial score (nSPS) is 20.5. The summed E-state index contributed by atoms with van der Waals surface area (Å²) >= 11 is 0. The monoisotopic (exact) mass is 255 g/mol. The van der Waals surface area contributed by atoms with Gasteiger partial charge in [-0.15, -0.1) is 0 Å². The number of likely N-dealkylation sites (N-methyl/N-ethyl adjacent to an activating group) is 1. The highest BCUT2D eigenvalue weighted by atomic mass is 15.2. The zero-order valence-corrected chi connectivity index (χ0v) is 12.9. The molecule has 1 N–H and O–H groups in total. The number of hydrogen-bond donors (Lipinski definition) is 1. The average Bonchev–Trinajstić information content (AvgIpc) is 2.38. The van der Waals surface area contributed by atoms with Crippen molar-refractivity contribution >= 4 is 0 Å². The molecule has 0 aromatic carbocycles. The van der Waals surface area contributed by atoms with E-state index in [1.807, 2.05) is 0 Å². The van der Waals surface area contributed by atoms with Crippen LogP contribution in [0.2, 0.25) is 0 Å². The predicted molar refractivity (Wildman–Crippen MR) is 80.1 cm³/mol. The van der Waals surface area contributed by atoms with Crippen LogP contribution < -0.4 is 5.32 Å². The standard InChI is InChI=1S/C15H33N3/c1-5-6-7-10-16-13-14(2)18(4)15-8-11-17(3)12-9-15/h14-16H,5-13H2,1-4H3. The Balaban J connectivity index is 2.14. The van der Waals surface area contributed by atoms with Crippen molar-refractivity contribution in [2.45, 2.75) is 58.0 Å². The number of hydrogen-bond acceptors (Lipinski definition) is 3. The van der Waals surface area contributed by atoms with Crippen LogP contribution in [0.5, 0.6) is 0 Å². The fraction of sp³-hybridized carbons (Fsp3) is 1.00. The van der Waals surface area contributed by atoms with Crippen LogP contribution >= 0.6 is 0 Å². The van der Waals surface area contributed by atoms with Crippen molar-refractivity contribution in [2.75, 3.05) is 40.3 Å². The van der Waals surface area contributed by atoms with E-state index in [1.54, 1.807) is 0 Å². The number of unbranched alkanes of at least 4 members (excludes halogenated alkanes) is 2. The largest absolute Gasteiger partial charge is 0.315 e. The van der Waals surface area contributed by atoms with Gasteiger partial charge in [-0.1, -0.05) is 19.8 Å². The highest BCUT2D eigenvalue weighted by Gasteiger charge is 2.23. The predicted octanol–water partition coefficient (Wildman–Crippen LogP) is 2.18. The molecule has 0 aromatic rings. The molecule has 1 aliphatic rings. The average molecular weight is 255 g/mol. The molecule has 0 saturated carbocycles. The van der Waals surface area contributed by atoms with Gasteiger partial charge in [-0.3, -0.25) is 4.90 Å². The molecule has 0 aromatic heterocycles. The molecule has 1 atom stereocenters. The van der Waals surface area contributed by atoms with Crippen LogP contribution in [-0.4, -0.2) is 62.2 Å². The molecule has 1 unspecified atom stereocenters. The summed E-state index contributed by atoms with van der Waals surface area (Å²) in [5.74, 6) is 0. The maximum absolute atomic E-state index is 3.60. The van der Waals surface area contributed by atoms with Gasteiger partial charge in [0.15, 0.2) is 0 Å². The summed E-state index contributed by atoms with van der Waals surface area (Å²) in [5, 5.41) is 3.60. The van der Waals surface area contributed by atoms with Crippen LogP contribution in [0, 0.1) is 0 Å². The van der Waals surface area contributed by atoms with Gasteiger partial charge in [0.2, 0.25) is 0 Å². The second kappa shape index (κ2) is 8.89. The second-order valence-electron chi connectivity index (χ2n) is 5.96. The first kappa shape index (κ1) is 15.9. The molecule has 0 bridgehead atoms. The molecule has 1 heterocycles. The molecule has 108 valence electrons. The molecule has 3 nitrogen and oxygen atoms in total. The number of piperidine rings is 1. The number of nitrogens with one attached hydrogen (secondary N) is 1. The van der Waals surface area contributed by atoms with Crippen molar-refractivity contribution in [1.82, 2.24) is 15.1 Å². The summed E-state index contributed by atoms with van der Waals surface area (Å²) in [6.45, 7) is 9.44. The first-order valence-corrected chi connectivity index (χ1v) is 7.76. The van der Waals surface area contributed by atoms with Gasteiger partial charge in [-0.2, -0.15) is 0 Å². The van der Waals surface area contributed by atoms with E-state index >= 15 is 0 Å². The lowest BCUT2D eigenvalue weighted by atomic mass is 10.0. The maximum Gasteiger partial charge on any atom is 0.0192 e. The number of rotatable bonds is 8. The van der Waals surface area contributed by atoms with Gasteiger partial charge >= 0.3 is 0 Å². The SMILES string of the molecule is CCCCCNCC(C)N(C)C1CCN(C)CC1. The van der Waals surface area contributed by atoms with Gasteiger partial charge in [0.25, 0.3) is 0 Å². The van der Waals surface area contributed by atoms with Gasteiger partial charge in [0, 0.05) is 18.6 Å². The Labute approximate surface area is 114 Å². The van der Waals surface area contributed by atoms with E-state index in [4.69, 9.17) is 0 Å². The minimum absolute atomic E-state index is 0.653. The van der Waals surface area contributed by atoms with Gasteiger partial charge < -0.3 is 10.2 Å². The van der Waals surface area contributed by atoms with Crippen molar-refractivity contribution in [3.8, 4) is 0 Å². The third-order valence-corrected chi connectivity index (χ3v) is 4.36. The molecule has 0 radical (unpaired) electrons. The Morgan fingerprint density at radius 2 is 1.94 bits per heavy atom. The Kier molecular flexibility index (Phi) is 7.87. The van der Waals surface area contributed by atoms with E-state index in [0.29, 0.717) is 6.04 Å². The summed E-state index contributed by atoms with van der Waals surface area (Å²) < 4.78 is 0. The van der Waals surface area contributed by atoms with Gasteiger partial charge in [0.1, 0.15) is 0 Å². The van der Waals surface area contributed by atoms with E-state index < -0.39 is 0 Å². The summed E-state index contributed by atoms with van der Waals surface area (Å²) in [7, 11) is 4.53. The Bertz CT molecular complexity index is 200. The zero-order chi connectivity index (χ0) is 13.4. The van der Waals surface area contributed by atoms with E-state index in [1.165, 1.54) is 51.7 Å². The number of nitrogens with zero attached hydrogens (tertiary/aromatic N) is 2. The molecule has 1 fully saturated rings. The van der Waals surface area contributed by atoms with Crippen LogP contribution in [0.4, 0.5) is 0 Å². The molecular formula is C15H33N3. The Hall–Kier alpha value is -0.120. The van der Waals surface area contributed by atoms with Crippen LogP contribution in [0.25, 0.3) is 0 Å². The fourth-order valence-electron chi connectivity index (χ4n) is 2.72.